The smallest absolute Gasteiger partial charge is 0.280 e. The molecule has 1 N–H and O–H groups in total. The molecule has 0 radical (unpaired) electrons. The summed E-state index contributed by atoms with van der Waals surface area (Å²) < 4.78 is 7.47. The molecule has 0 unspecified atom stereocenters. The van der Waals surface area contributed by atoms with Crippen LogP contribution in [0.25, 0.3) is 21.7 Å². The SMILES string of the molecule is CC(C)n1nccc1-c1ccc(-c2sc(C(=O)NC3CCOCC3)nc2CC2CCCCC2)cc1C(C)(C)C#N. The molecule has 1 aromatic carbocycles. The topological polar surface area (TPSA) is 92.8 Å². The Kier molecular flexibility index (Phi) is 8.72. The maximum Gasteiger partial charge on any atom is 0.280 e. The largest absolute Gasteiger partial charge is 0.381 e. The van der Waals surface area contributed by atoms with E-state index in [9.17, 15) is 10.1 Å². The normalized spacial score (nSPS) is 17.2. The van der Waals surface area contributed by atoms with Crippen LogP contribution in [0, 0.1) is 17.2 Å². The zero-order chi connectivity index (χ0) is 28.3. The Morgan fingerprint density at radius 3 is 2.62 bits per heavy atom. The van der Waals surface area contributed by atoms with Crippen molar-refractivity contribution in [3.63, 3.8) is 0 Å². The average molecular weight is 560 g/mol. The van der Waals surface area contributed by atoms with E-state index in [-0.39, 0.29) is 18.0 Å². The first-order valence-corrected chi connectivity index (χ1v) is 15.6. The third-order valence-corrected chi connectivity index (χ3v) is 9.47. The van der Waals surface area contributed by atoms with Crippen LogP contribution in [0.3, 0.4) is 0 Å². The van der Waals surface area contributed by atoms with Gasteiger partial charge in [0.1, 0.15) is 0 Å². The number of carbonyl (C=O) groups is 1. The van der Waals surface area contributed by atoms with E-state index in [1.165, 1.54) is 43.4 Å². The van der Waals surface area contributed by atoms with E-state index in [0.29, 0.717) is 24.1 Å². The lowest BCUT2D eigenvalue weighted by atomic mass is 9.81. The van der Waals surface area contributed by atoms with Crippen LogP contribution in [0.1, 0.15) is 99.7 Å². The van der Waals surface area contributed by atoms with Gasteiger partial charge in [-0.1, -0.05) is 44.2 Å². The van der Waals surface area contributed by atoms with Crippen LogP contribution in [0.5, 0.6) is 0 Å². The highest BCUT2D eigenvalue weighted by molar-refractivity contribution is 7.17. The molecule has 3 aromatic rings. The summed E-state index contributed by atoms with van der Waals surface area (Å²) in [7, 11) is 0. The summed E-state index contributed by atoms with van der Waals surface area (Å²) in [6.45, 7) is 9.52. The number of nitrogens with zero attached hydrogens (tertiary/aromatic N) is 4. The van der Waals surface area contributed by atoms with Gasteiger partial charge in [-0.2, -0.15) is 10.4 Å². The second-order valence-electron chi connectivity index (χ2n) is 12.1. The zero-order valence-corrected chi connectivity index (χ0v) is 25.0. The lowest BCUT2D eigenvalue weighted by Crippen LogP contribution is -2.38. The third-order valence-electron chi connectivity index (χ3n) is 8.32. The number of hydrogen-bond acceptors (Lipinski definition) is 6. The summed E-state index contributed by atoms with van der Waals surface area (Å²) in [4.78, 5) is 19.3. The second kappa shape index (κ2) is 12.2. The van der Waals surface area contributed by atoms with Crippen molar-refractivity contribution in [2.45, 2.75) is 96.6 Å². The Bertz CT molecular complexity index is 1370. The van der Waals surface area contributed by atoms with Gasteiger partial charge in [0.25, 0.3) is 5.91 Å². The molecule has 0 bridgehead atoms. The van der Waals surface area contributed by atoms with Crippen molar-refractivity contribution in [1.29, 1.82) is 5.26 Å². The minimum Gasteiger partial charge on any atom is -0.381 e. The van der Waals surface area contributed by atoms with Gasteiger partial charge in [0.2, 0.25) is 0 Å². The molecular formula is C32H41N5O2S. The molecule has 2 fully saturated rings. The Labute approximate surface area is 242 Å². The van der Waals surface area contributed by atoms with Gasteiger partial charge in [0.15, 0.2) is 5.01 Å². The predicted molar refractivity (Wildman–Crippen MR) is 159 cm³/mol. The number of nitriles is 1. The van der Waals surface area contributed by atoms with Gasteiger partial charge >= 0.3 is 0 Å². The molecule has 5 rings (SSSR count). The number of amides is 1. The number of aromatic nitrogens is 3. The van der Waals surface area contributed by atoms with E-state index >= 15 is 0 Å². The van der Waals surface area contributed by atoms with E-state index in [1.54, 1.807) is 0 Å². The van der Waals surface area contributed by atoms with Crippen molar-refractivity contribution in [2.24, 2.45) is 5.92 Å². The lowest BCUT2D eigenvalue weighted by molar-refractivity contribution is 0.0696. The lowest BCUT2D eigenvalue weighted by Gasteiger charge is -2.23. The molecule has 8 heteroatoms. The van der Waals surface area contributed by atoms with Crippen molar-refractivity contribution in [3.8, 4) is 27.8 Å². The van der Waals surface area contributed by atoms with Crippen LogP contribution in [0.4, 0.5) is 0 Å². The minimum atomic E-state index is -0.713. The highest BCUT2D eigenvalue weighted by Crippen LogP contribution is 2.40. The van der Waals surface area contributed by atoms with Gasteiger partial charge in [-0.25, -0.2) is 4.98 Å². The van der Waals surface area contributed by atoms with Crippen molar-refractivity contribution in [2.75, 3.05) is 13.2 Å². The molecule has 2 aliphatic rings. The second-order valence-corrected chi connectivity index (χ2v) is 13.1. The van der Waals surface area contributed by atoms with E-state index in [1.807, 2.05) is 30.8 Å². The number of hydrogen-bond donors (Lipinski definition) is 1. The van der Waals surface area contributed by atoms with Crippen molar-refractivity contribution < 1.29 is 9.53 Å². The number of nitrogens with one attached hydrogen (secondary N) is 1. The summed E-state index contributed by atoms with van der Waals surface area (Å²) in [5, 5.41) is 18.4. The molecule has 0 atom stereocenters. The van der Waals surface area contributed by atoms with Crippen LogP contribution in [-0.4, -0.2) is 39.9 Å². The molecule has 40 heavy (non-hydrogen) atoms. The van der Waals surface area contributed by atoms with E-state index in [0.717, 1.165) is 52.2 Å². The maximum atomic E-state index is 13.3. The molecule has 1 saturated heterocycles. The molecule has 1 saturated carbocycles. The van der Waals surface area contributed by atoms with Crippen LogP contribution in [-0.2, 0) is 16.6 Å². The van der Waals surface area contributed by atoms with Gasteiger partial charge in [0, 0.05) is 37.1 Å². The minimum absolute atomic E-state index is 0.0944. The molecular weight excluding hydrogens is 518 g/mol. The van der Waals surface area contributed by atoms with E-state index in [4.69, 9.17) is 9.72 Å². The van der Waals surface area contributed by atoms with Gasteiger partial charge < -0.3 is 10.1 Å². The molecule has 2 aromatic heterocycles. The summed E-state index contributed by atoms with van der Waals surface area (Å²) in [6, 6.07) is 11.3. The molecule has 7 nitrogen and oxygen atoms in total. The van der Waals surface area contributed by atoms with E-state index in [2.05, 4.69) is 48.5 Å². The Morgan fingerprint density at radius 2 is 1.93 bits per heavy atom. The van der Waals surface area contributed by atoms with Gasteiger partial charge in [-0.15, -0.1) is 11.3 Å². The fraction of sp³-hybridized carbons (Fsp3) is 0.562. The summed E-state index contributed by atoms with van der Waals surface area (Å²) in [6.07, 6.45) is 10.6. The van der Waals surface area contributed by atoms with Gasteiger partial charge in [0.05, 0.1) is 27.7 Å². The molecule has 1 aliphatic heterocycles. The van der Waals surface area contributed by atoms with Gasteiger partial charge in [-0.05, 0) is 76.1 Å². The molecule has 0 spiro atoms. The van der Waals surface area contributed by atoms with Gasteiger partial charge in [-0.3, -0.25) is 9.48 Å². The van der Waals surface area contributed by atoms with Crippen LogP contribution in [0.2, 0.25) is 0 Å². The number of thiazole rings is 1. The molecule has 3 heterocycles. The first-order chi connectivity index (χ1) is 19.3. The van der Waals surface area contributed by atoms with Crippen LogP contribution < -0.4 is 5.32 Å². The number of ether oxygens (including phenoxy) is 1. The number of benzene rings is 1. The standard InChI is InChI=1S/C32H41N5O2S/c1-21(2)37-28(12-15-34-37)25-11-10-23(19-26(25)32(3,4)20-33)29-27(18-22-8-6-5-7-9-22)36-31(40-29)30(38)35-24-13-16-39-17-14-24/h10-12,15,19,21-22,24H,5-9,13-14,16-18H2,1-4H3,(H,35,38). The zero-order valence-electron chi connectivity index (χ0n) is 24.2. The number of carbonyl (C=O) groups excluding carboxylic acids is 1. The highest BCUT2D eigenvalue weighted by atomic mass is 32.1. The van der Waals surface area contributed by atoms with Crippen molar-refractivity contribution in [1.82, 2.24) is 20.1 Å². The summed E-state index contributed by atoms with van der Waals surface area (Å²) >= 11 is 1.48. The van der Waals surface area contributed by atoms with Crippen LogP contribution >= 0.6 is 11.3 Å². The fourth-order valence-electron chi connectivity index (χ4n) is 5.99. The third kappa shape index (κ3) is 6.16. The Hall–Kier alpha value is -3.02. The molecule has 1 amide bonds. The van der Waals surface area contributed by atoms with Crippen molar-refractivity contribution in [3.05, 3.63) is 46.7 Å². The maximum absolute atomic E-state index is 13.3. The van der Waals surface area contributed by atoms with E-state index < -0.39 is 5.41 Å². The number of rotatable bonds is 8. The Balaban J connectivity index is 1.56. The predicted octanol–water partition coefficient (Wildman–Crippen LogP) is 7.09. The average Bonchev–Trinajstić information content (AvgIpc) is 3.62. The highest BCUT2D eigenvalue weighted by Gasteiger charge is 2.29. The summed E-state index contributed by atoms with van der Waals surface area (Å²) in [5.41, 5.74) is 4.29. The fourth-order valence-corrected chi connectivity index (χ4v) is 6.98. The first kappa shape index (κ1) is 28.5. The summed E-state index contributed by atoms with van der Waals surface area (Å²) in [5.74, 6) is 0.499. The first-order valence-electron chi connectivity index (χ1n) is 14.7. The quantitative estimate of drug-likeness (QED) is 0.318. The van der Waals surface area contributed by atoms with Crippen LogP contribution in [0.15, 0.2) is 30.5 Å². The molecule has 1 aliphatic carbocycles. The van der Waals surface area contributed by atoms with Crippen molar-refractivity contribution >= 4 is 17.2 Å². The Morgan fingerprint density at radius 1 is 1.18 bits per heavy atom. The monoisotopic (exact) mass is 559 g/mol. The molecule has 212 valence electrons.